The van der Waals surface area contributed by atoms with E-state index in [4.69, 9.17) is 26.3 Å². The van der Waals surface area contributed by atoms with Crippen LogP contribution in [0.1, 0.15) is 11.3 Å². The third-order valence-electron chi connectivity index (χ3n) is 5.73. The quantitative estimate of drug-likeness (QED) is 0.495. The van der Waals surface area contributed by atoms with Crippen LogP contribution in [-0.4, -0.2) is 61.5 Å². The molecule has 2 amide bonds. The van der Waals surface area contributed by atoms with Gasteiger partial charge in [-0.15, -0.1) is 0 Å². The van der Waals surface area contributed by atoms with Gasteiger partial charge in [0.2, 0.25) is 0 Å². The van der Waals surface area contributed by atoms with E-state index in [1.54, 1.807) is 18.3 Å². The van der Waals surface area contributed by atoms with Gasteiger partial charge in [0.15, 0.2) is 5.82 Å². The molecule has 1 saturated heterocycles. The topological polar surface area (TPSA) is 126 Å². The summed E-state index contributed by atoms with van der Waals surface area (Å²) >= 11 is 7.68. The first-order valence-corrected chi connectivity index (χ1v) is 14.3. The molecule has 3 aromatic rings. The number of fused-ring (bicyclic) bond motifs is 1. The fourth-order valence-electron chi connectivity index (χ4n) is 3.92. The number of hydrogen-bond acceptors (Lipinski definition) is 9. The van der Waals surface area contributed by atoms with Gasteiger partial charge in [-0.2, -0.15) is 11.8 Å². The van der Waals surface area contributed by atoms with E-state index in [2.05, 4.69) is 15.2 Å². The predicted octanol–water partition coefficient (Wildman–Crippen LogP) is 3.33. The Balaban J connectivity index is 1.32. The van der Waals surface area contributed by atoms with Crippen molar-refractivity contribution < 1.29 is 17.9 Å². The fraction of sp³-hybridized carbons (Fsp3) is 0.304. The number of carbonyl (C=O) groups excluding carboxylic acids is 1. The number of urea groups is 1. The zero-order valence-corrected chi connectivity index (χ0v) is 21.5. The Kier molecular flexibility index (Phi) is 7.28. The summed E-state index contributed by atoms with van der Waals surface area (Å²) in [5.41, 5.74) is 2.93. The second-order valence-corrected chi connectivity index (χ2v) is 11.4. The van der Waals surface area contributed by atoms with Gasteiger partial charge in [-0.05, 0) is 48.6 Å². The van der Waals surface area contributed by atoms with E-state index < -0.39 is 16.1 Å². The lowest BCUT2D eigenvalue weighted by Gasteiger charge is -2.31. The van der Waals surface area contributed by atoms with E-state index in [9.17, 15) is 13.2 Å². The van der Waals surface area contributed by atoms with E-state index >= 15 is 0 Å². The van der Waals surface area contributed by atoms with E-state index in [0.717, 1.165) is 42.5 Å². The van der Waals surface area contributed by atoms with Crippen LogP contribution in [0.15, 0.2) is 47.5 Å². The summed E-state index contributed by atoms with van der Waals surface area (Å²) in [4.78, 5) is 28.4. The average molecular weight is 547 g/mol. The van der Waals surface area contributed by atoms with Crippen LogP contribution in [0, 0.1) is 0 Å². The van der Waals surface area contributed by atoms with Crippen LogP contribution in [0.4, 0.5) is 16.4 Å². The first-order valence-electron chi connectivity index (χ1n) is 11.2. The Hall–Kier alpha value is -2.93. The molecule has 0 spiro atoms. The molecule has 1 fully saturated rings. The van der Waals surface area contributed by atoms with Crippen LogP contribution in [0.25, 0.3) is 11.4 Å². The number of sulfonamides is 1. The van der Waals surface area contributed by atoms with Crippen molar-refractivity contribution >= 4 is 51.1 Å². The molecule has 188 valence electrons. The number of thioether (sulfide) groups is 1. The Morgan fingerprint density at radius 2 is 1.86 bits per heavy atom. The predicted molar refractivity (Wildman–Crippen MR) is 139 cm³/mol. The lowest BCUT2D eigenvalue weighted by atomic mass is 10.1. The maximum atomic E-state index is 12.4. The van der Waals surface area contributed by atoms with Crippen molar-refractivity contribution in [3.8, 4) is 11.4 Å². The van der Waals surface area contributed by atoms with Gasteiger partial charge >= 0.3 is 6.03 Å². The van der Waals surface area contributed by atoms with Crippen molar-refractivity contribution in [2.75, 3.05) is 42.3 Å². The molecule has 2 aliphatic rings. The average Bonchev–Trinajstić information content (AvgIpc) is 2.89. The van der Waals surface area contributed by atoms with Crippen LogP contribution >= 0.6 is 23.4 Å². The number of ether oxygens (including phenoxy) is 1. The minimum absolute atomic E-state index is 0.0793. The van der Waals surface area contributed by atoms with Crippen LogP contribution < -0.4 is 14.9 Å². The van der Waals surface area contributed by atoms with E-state index in [1.807, 2.05) is 16.5 Å². The number of amides is 2. The van der Waals surface area contributed by atoms with Crippen molar-refractivity contribution in [1.29, 1.82) is 0 Å². The standard InChI is InChI=1S/C23H23ClN6O4S2/c24-16-2-4-17(5-3-16)36(32,33)29-23(31)27-20-6-1-15(13-25-20)21-26-19-7-12-35-14-18(19)22(28-21)30-8-10-34-11-9-30/h1-6,13H,7-12,14H2,(H2,25,27,29,31). The Morgan fingerprint density at radius 3 is 2.58 bits per heavy atom. The molecular weight excluding hydrogens is 524 g/mol. The molecule has 2 aromatic heterocycles. The number of nitrogens with one attached hydrogen (secondary N) is 2. The van der Waals surface area contributed by atoms with Crippen molar-refractivity contribution in [3.63, 3.8) is 0 Å². The second-order valence-electron chi connectivity index (χ2n) is 8.14. The summed E-state index contributed by atoms with van der Waals surface area (Å²) in [5.74, 6) is 3.60. The molecule has 0 saturated carbocycles. The number of carbonyl (C=O) groups is 1. The van der Waals surface area contributed by atoms with Gasteiger partial charge in [0.1, 0.15) is 11.6 Å². The molecule has 2 aliphatic heterocycles. The van der Waals surface area contributed by atoms with Gasteiger partial charge in [0.05, 0.1) is 23.8 Å². The molecule has 0 atom stereocenters. The summed E-state index contributed by atoms with van der Waals surface area (Å²) in [5, 5.41) is 2.83. The first kappa shape index (κ1) is 24.8. The minimum atomic E-state index is -4.06. The summed E-state index contributed by atoms with van der Waals surface area (Å²) in [7, 11) is -4.06. The Bertz CT molecular complexity index is 1360. The summed E-state index contributed by atoms with van der Waals surface area (Å²) < 4.78 is 32.3. The SMILES string of the molecule is O=C(Nc1ccc(-c2nc3c(c(N4CCOCC4)n2)CSCC3)cn1)NS(=O)(=O)c1ccc(Cl)cc1. The molecule has 10 nitrogen and oxygen atoms in total. The maximum absolute atomic E-state index is 12.4. The highest BCUT2D eigenvalue weighted by atomic mass is 35.5. The number of anilines is 2. The Labute approximate surface area is 217 Å². The molecule has 36 heavy (non-hydrogen) atoms. The van der Waals surface area contributed by atoms with Gasteiger partial charge in [-0.25, -0.2) is 32.9 Å². The molecule has 4 heterocycles. The smallest absolute Gasteiger partial charge is 0.334 e. The molecule has 1 aromatic carbocycles. The van der Waals surface area contributed by atoms with Crippen LogP contribution in [0.2, 0.25) is 5.02 Å². The van der Waals surface area contributed by atoms with E-state index in [-0.39, 0.29) is 10.7 Å². The maximum Gasteiger partial charge on any atom is 0.334 e. The molecule has 2 N–H and O–H groups in total. The summed E-state index contributed by atoms with van der Waals surface area (Å²) in [6.45, 7) is 2.89. The highest BCUT2D eigenvalue weighted by Gasteiger charge is 2.24. The zero-order valence-electron chi connectivity index (χ0n) is 19.1. The highest BCUT2D eigenvalue weighted by Crippen LogP contribution is 2.33. The third kappa shape index (κ3) is 5.56. The molecule has 0 unspecified atom stereocenters. The number of nitrogens with zero attached hydrogens (tertiary/aromatic N) is 4. The first-order chi connectivity index (χ1) is 17.4. The molecular formula is C23H23ClN6O4S2. The molecule has 5 rings (SSSR count). The lowest BCUT2D eigenvalue weighted by molar-refractivity contribution is 0.122. The molecule has 13 heteroatoms. The van der Waals surface area contributed by atoms with Gasteiger partial charge in [0.25, 0.3) is 10.0 Å². The normalized spacial score (nSPS) is 15.8. The number of morpholine rings is 1. The van der Waals surface area contributed by atoms with Crippen molar-refractivity contribution in [3.05, 3.63) is 58.9 Å². The number of hydrogen-bond donors (Lipinski definition) is 2. The second kappa shape index (κ2) is 10.6. The van der Waals surface area contributed by atoms with E-state index in [0.29, 0.717) is 29.6 Å². The van der Waals surface area contributed by atoms with Crippen molar-refractivity contribution in [2.24, 2.45) is 0 Å². The van der Waals surface area contributed by atoms with E-state index in [1.165, 1.54) is 29.8 Å². The zero-order chi connectivity index (χ0) is 25.1. The van der Waals surface area contributed by atoms with Crippen LogP contribution in [0.5, 0.6) is 0 Å². The number of aryl methyl sites for hydroxylation is 1. The molecule has 0 radical (unpaired) electrons. The van der Waals surface area contributed by atoms with Gasteiger partial charge in [0, 0.05) is 41.2 Å². The summed E-state index contributed by atoms with van der Waals surface area (Å²) in [6.07, 6.45) is 2.44. The number of rotatable bonds is 5. The minimum Gasteiger partial charge on any atom is -0.378 e. The van der Waals surface area contributed by atoms with Crippen molar-refractivity contribution in [2.45, 2.75) is 17.1 Å². The lowest BCUT2D eigenvalue weighted by Crippen LogP contribution is -2.38. The number of aromatic nitrogens is 3. The van der Waals surface area contributed by atoms with Crippen molar-refractivity contribution in [1.82, 2.24) is 19.7 Å². The molecule has 0 aliphatic carbocycles. The number of pyridine rings is 1. The fourth-order valence-corrected chi connectivity index (χ4v) is 5.93. The van der Waals surface area contributed by atoms with Gasteiger partial charge in [-0.1, -0.05) is 11.6 Å². The monoisotopic (exact) mass is 546 g/mol. The Morgan fingerprint density at radius 1 is 1.08 bits per heavy atom. The highest BCUT2D eigenvalue weighted by molar-refractivity contribution is 7.98. The van der Waals surface area contributed by atoms with Gasteiger partial charge < -0.3 is 9.64 Å². The third-order valence-corrected chi connectivity index (χ3v) is 8.31. The molecule has 0 bridgehead atoms. The number of benzene rings is 1. The summed E-state index contributed by atoms with van der Waals surface area (Å²) in [6, 6.07) is 7.89. The van der Waals surface area contributed by atoms with Crippen LogP contribution in [0.3, 0.4) is 0 Å². The largest absolute Gasteiger partial charge is 0.378 e. The number of halogens is 1. The van der Waals surface area contributed by atoms with Crippen LogP contribution in [-0.2, 0) is 26.9 Å². The van der Waals surface area contributed by atoms with Gasteiger partial charge in [-0.3, -0.25) is 5.32 Å².